The number of allylic oxidation sites excluding steroid dienone is 13. The van der Waals surface area contributed by atoms with E-state index < -0.39 is 50.2 Å². The molecule has 10 N–H and O–H groups in total. The molecule has 12 heteroatoms. The zero-order valence-corrected chi connectivity index (χ0v) is 31.4. The van der Waals surface area contributed by atoms with Crippen LogP contribution in [0.25, 0.3) is 0 Å². The first-order chi connectivity index (χ1) is 23.4. The molecule has 0 aliphatic heterocycles. The van der Waals surface area contributed by atoms with Crippen molar-refractivity contribution in [2.45, 2.75) is 84.3 Å². The van der Waals surface area contributed by atoms with Crippen molar-refractivity contribution >= 4 is 32.1 Å². The number of rotatable bonds is 26. The van der Waals surface area contributed by atoms with Crippen LogP contribution in [0.15, 0.2) is 95.1 Å². The predicted octanol–water partition coefficient (Wildman–Crippen LogP) is 6.22. The van der Waals surface area contributed by atoms with Crippen LogP contribution in [0.1, 0.15) is 78.1 Å². The van der Waals surface area contributed by atoms with Gasteiger partial charge in [0.2, 0.25) is 0 Å². The summed E-state index contributed by atoms with van der Waals surface area (Å²) >= 11 is -2.63. The fraction of sp³-hybridized carbons (Fsp3) is 0.514. The zero-order valence-electron chi connectivity index (χ0n) is 29.2. The topological polar surface area (TPSA) is 199 Å². The summed E-state index contributed by atoms with van der Waals surface area (Å²) in [5, 5.41) is 38.1. The minimum atomic E-state index is -2.63. The molecule has 0 fully saturated rings. The molecule has 1 amide bonds. The van der Waals surface area contributed by atoms with Gasteiger partial charge in [-0.05, 0) is 13.0 Å². The van der Waals surface area contributed by atoms with Gasteiger partial charge in [-0.15, -0.1) is 0 Å². The standard InChI is InChI=1S/C36H56FIN2O6.CH5NO/c1-5-17-29(19-16-22-33(35(42)43)36(44)45)18-13-14-20-30(25-26-38(46)31(6-2)24-23-28(4)37)34(41)40-32(7-3)21-12-10-8-9-11-15-27-39;2-1-3/h5-7,10,12-14,17,21,23-24,29-30,33,35,42-43,46H,3-4,8-9,11,15-16,18-20,22,25-27,39H2,1-2H3,(H,40,41)(H,44,45);3H,1-2H2/b12-10+,14-13+,17-5-,24-23-,31-6+,32-21+;/t29?,30-,33?;/m0./s1. The summed E-state index contributed by atoms with van der Waals surface area (Å²) in [6.07, 6.45) is 24.8. The molecule has 49 heavy (non-hydrogen) atoms. The number of aliphatic hydroxyl groups is 3. The molecule has 0 aromatic carbocycles. The molecule has 0 aliphatic rings. The Hall–Kier alpha value is -2.72. The average molecular weight is 806 g/mol. The number of amides is 1. The molecular formula is C37H61FIN3O7. The van der Waals surface area contributed by atoms with Gasteiger partial charge in [0.15, 0.2) is 6.29 Å². The van der Waals surface area contributed by atoms with Crippen molar-refractivity contribution in [2.75, 3.05) is 17.7 Å². The largest absolute Gasteiger partial charge is 0.382 e. The Morgan fingerprint density at radius 3 is 2.20 bits per heavy atom. The molecule has 280 valence electrons. The van der Waals surface area contributed by atoms with Crippen molar-refractivity contribution in [1.29, 1.82) is 0 Å². The number of aliphatic hydroxyl groups excluding tert-OH is 2. The molecule has 0 saturated heterocycles. The number of carboxylic acids is 1. The van der Waals surface area contributed by atoms with E-state index in [2.05, 4.69) is 24.2 Å². The second kappa shape index (κ2) is 32.5. The van der Waals surface area contributed by atoms with Crippen molar-refractivity contribution in [3.05, 3.63) is 95.1 Å². The molecule has 2 unspecified atom stereocenters. The van der Waals surface area contributed by atoms with Crippen molar-refractivity contribution < 1.29 is 37.8 Å². The average Bonchev–Trinajstić information content (AvgIpc) is 3.05. The van der Waals surface area contributed by atoms with Gasteiger partial charge in [-0.3, -0.25) is 4.79 Å². The number of alkyl halides is 1. The maximum absolute atomic E-state index is 13.4. The van der Waals surface area contributed by atoms with Gasteiger partial charge in [-0.25, -0.2) is 0 Å². The summed E-state index contributed by atoms with van der Waals surface area (Å²) in [6.45, 7) is 11.2. The summed E-state index contributed by atoms with van der Waals surface area (Å²) in [4.78, 5) is 24.7. The predicted molar refractivity (Wildman–Crippen MR) is 207 cm³/mol. The van der Waals surface area contributed by atoms with Gasteiger partial charge in [0.05, 0.1) is 6.73 Å². The molecule has 0 radical (unpaired) electrons. The first-order valence-electron chi connectivity index (χ1n) is 16.6. The Balaban J connectivity index is 0. The van der Waals surface area contributed by atoms with E-state index in [4.69, 9.17) is 10.8 Å². The van der Waals surface area contributed by atoms with Crippen LogP contribution < -0.4 is 16.8 Å². The van der Waals surface area contributed by atoms with Crippen molar-refractivity contribution in [3.63, 3.8) is 0 Å². The molecule has 0 saturated carbocycles. The molecular weight excluding hydrogens is 744 g/mol. The maximum atomic E-state index is 13.4. The van der Waals surface area contributed by atoms with Crippen LogP contribution in [-0.4, -0.2) is 59.7 Å². The number of hydrogen-bond acceptors (Lipinski definition) is 8. The number of nitrogens with one attached hydrogen (secondary N) is 1. The molecule has 0 rings (SSSR count). The van der Waals surface area contributed by atoms with Crippen molar-refractivity contribution in [1.82, 2.24) is 5.32 Å². The van der Waals surface area contributed by atoms with E-state index in [1.807, 2.05) is 49.5 Å². The number of hydrogen-bond donors (Lipinski definition) is 8. The van der Waals surface area contributed by atoms with E-state index in [0.29, 0.717) is 52.4 Å². The second-order valence-corrected chi connectivity index (χ2v) is 15.3. The van der Waals surface area contributed by atoms with Gasteiger partial charge in [0.1, 0.15) is 0 Å². The molecule has 3 atom stereocenters. The summed E-state index contributed by atoms with van der Waals surface area (Å²) in [5.74, 6) is -3.53. The Kier molecular flexibility index (Phi) is 32.1. The summed E-state index contributed by atoms with van der Waals surface area (Å²) in [6, 6.07) is 0. The Morgan fingerprint density at radius 1 is 0.980 bits per heavy atom. The monoisotopic (exact) mass is 805 g/mol. The third-order valence-electron chi connectivity index (χ3n) is 7.19. The van der Waals surface area contributed by atoms with Gasteiger partial charge >= 0.3 is 239 Å². The van der Waals surface area contributed by atoms with Crippen LogP contribution >= 0.6 is 20.2 Å². The summed E-state index contributed by atoms with van der Waals surface area (Å²) in [5.41, 5.74) is 10.5. The van der Waals surface area contributed by atoms with E-state index in [1.165, 1.54) is 6.08 Å². The van der Waals surface area contributed by atoms with E-state index >= 15 is 0 Å². The Morgan fingerprint density at radius 2 is 1.65 bits per heavy atom. The fourth-order valence-corrected chi connectivity index (χ4v) is 7.80. The second-order valence-electron chi connectivity index (χ2n) is 11.0. The Labute approximate surface area is 300 Å². The van der Waals surface area contributed by atoms with E-state index in [-0.39, 0.29) is 25.0 Å². The van der Waals surface area contributed by atoms with Crippen LogP contribution in [-0.2, 0) is 9.59 Å². The van der Waals surface area contributed by atoms with Gasteiger partial charge in [0, 0.05) is 0 Å². The van der Waals surface area contributed by atoms with Gasteiger partial charge in [0.25, 0.3) is 0 Å². The van der Waals surface area contributed by atoms with Crippen LogP contribution in [0.2, 0.25) is 0 Å². The molecule has 0 bridgehead atoms. The minimum absolute atomic E-state index is 0.126. The van der Waals surface area contributed by atoms with Gasteiger partial charge < -0.3 is 31.9 Å². The quantitative estimate of drug-likeness (QED) is 0.0125. The molecule has 0 aromatic heterocycles. The van der Waals surface area contributed by atoms with Crippen LogP contribution in [0, 0.1) is 17.8 Å². The van der Waals surface area contributed by atoms with Crippen molar-refractivity contribution in [2.24, 2.45) is 29.2 Å². The summed E-state index contributed by atoms with van der Waals surface area (Å²) in [7, 11) is 0. The minimum Gasteiger partial charge on any atom is -0.382 e. The number of nitrogens with two attached hydrogens (primary N) is 2. The third-order valence-corrected chi connectivity index (χ3v) is 11.3. The van der Waals surface area contributed by atoms with E-state index in [0.717, 1.165) is 25.7 Å². The summed E-state index contributed by atoms with van der Waals surface area (Å²) < 4.78 is 25.2. The maximum Gasteiger partial charge on any atom is 0.0906 e. The van der Waals surface area contributed by atoms with E-state index in [1.54, 1.807) is 25.2 Å². The van der Waals surface area contributed by atoms with Gasteiger partial charge in [-0.1, -0.05) is 0 Å². The number of carbonyl (C=O) groups excluding carboxylic acids is 1. The smallest absolute Gasteiger partial charge is 0.0906 e. The number of carbonyl (C=O) groups is 2. The molecule has 0 aliphatic carbocycles. The zero-order chi connectivity index (χ0) is 37.5. The number of carboxylic acid groups (broad SMARTS) is 1. The SMILES string of the molecule is C=C/C(=C\C=C\CCCCCN)NC(=O)[C@@H](C/C=C/CC(/C=C\C)CCCC(C(=O)O)C(O)O)CCI(O)C(/C=C\C(=C)F)=C/C.NCO. The molecule has 0 heterocycles. The first kappa shape index (κ1) is 48.4. The number of unbranched alkanes of at least 4 members (excludes halogenated alkanes) is 3. The fourth-order valence-electron chi connectivity index (χ4n) is 4.52. The molecule has 0 spiro atoms. The van der Waals surface area contributed by atoms with Gasteiger partial charge in [-0.2, -0.15) is 0 Å². The van der Waals surface area contributed by atoms with Crippen LogP contribution in [0.4, 0.5) is 4.39 Å². The number of halogens is 2. The molecule has 0 aromatic rings. The van der Waals surface area contributed by atoms with Crippen molar-refractivity contribution in [3.8, 4) is 0 Å². The first-order valence-corrected chi connectivity index (χ1v) is 20.2. The van der Waals surface area contributed by atoms with Crippen LogP contribution in [0.3, 0.4) is 0 Å². The Bertz CT molecular complexity index is 1120. The molecule has 10 nitrogen and oxygen atoms in total. The number of aliphatic carboxylic acids is 1. The van der Waals surface area contributed by atoms with Crippen LogP contribution in [0.5, 0.6) is 0 Å². The normalized spacial score (nSPS) is 14.7. The third kappa shape index (κ3) is 26.8. The van der Waals surface area contributed by atoms with E-state index in [9.17, 15) is 32.7 Å².